The first kappa shape index (κ1) is 21.5. The van der Waals surface area contributed by atoms with Crippen LogP contribution in [0.25, 0.3) is 11.5 Å². The molecule has 0 bridgehead atoms. The molecular formula is C20H27N3O5S. The van der Waals surface area contributed by atoms with Crippen molar-refractivity contribution >= 4 is 15.7 Å². The average molecular weight is 422 g/mol. The Balaban J connectivity index is 1.55. The van der Waals surface area contributed by atoms with Gasteiger partial charge >= 0.3 is 0 Å². The predicted octanol–water partition coefficient (Wildman–Crippen LogP) is 1.32. The van der Waals surface area contributed by atoms with E-state index in [0.29, 0.717) is 43.6 Å². The molecule has 1 aliphatic heterocycles. The van der Waals surface area contributed by atoms with Gasteiger partial charge in [0.05, 0.1) is 24.7 Å². The monoisotopic (exact) mass is 421 g/mol. The Morgan fingerprint density at radius 1 is 1.21 bits per heavy atom. The van der Waals surface area contributed by atoms with E-state index < -0.39 is 21.5 Å². The number of amides is 1. The summed E-state index contributed by atoms with van der Waals surface area (Å²) in [7, 11) is -3.66. The molecule has 2 aromatic rings. The number of ether oxygens (including phenoxy) is 1. The van der Waals surface area contributed by atoms with Crippen LogP contribution in [-0.4, -0.2) is 69.4 Å². The minimum Gasteiger partial charge on any atom is -0.441 e. The van der Waals surface area contributed by atoms with Gasteiger partial charge in [0.2, 0.25) is 11.8 Å². The van der Waals surface area contributed by atoms with Crippen LogP contribution < -0.4 is 5.32 Å². The number of benzene rings is 1. The van der Waals surface area contributed by atoms with Crippen LogP contribution >= 0.6 is 0 Å². The maximum atomic E-state index is 12.5. The van der Waals surface area contributed by atoms with Crippen LogP contribution in [0.5, 0.6) is 0 Å². The standard InChI is InChI=1S/C20H27N3O5S/c1-15-5-3-4-6-17(15)20-22-18(16(2)28-20)13-29(25,26)14-19(24)21-7-8-23-9-11-27-12-10-23/h3-6H,7-14H2,1-2H3,(H,21,24). The molecule has 0 radical (unpaired) electrons. The molecule has 1 fully saturated rings. The fraction of sp³-hybridized carbons (Fsp3) is 0.500. The second kappa shape index (κ2) is 9.51. The van der Waals surface area contributed by atoms with Crippen LogP contribution in [0.2, 0.25) is 0 Å². The van der Waals surface area contributed by atoms with Crippen LogP contribution in [0.15, 0.2) is 28.7 Å². The molecular weight excluding hydrogens is 394 g/mol. The zero-order valence-corrected chi connectivity index (χ0v) is 17.6. The molecule has 29 heavy (non-hydrogen) atoms. The highest BCUT2D eigenvalue weighted by Crippen LogP contribution is 2.25. The molecule has 1 aliphatic rings. The van der Waals surface area contributed by atoms with Gasteiger partial charge in [0.1, 0.15) is 11.5 Å². The number of aromatic nitrogens is 1. The molecule has 3 rings (SSSR count). The van der Waals surface area contributed by atoms with Crippen molar-refractivity contribution in [3.05, 3.63) is 41.3 Å². The molecule has 0 spiro atoms. The maximum absolute atomic E-state index is 12.5. The van der Waals surface area contributed by atoms with Gasteiger partial charge < -0.3 is 14.5 Å². The number of nitrogens with zero attached hydrogens (tertiary/aromatic N) is 2. The van der Waals surface area contributed by atoms with Gasteiger partial charge in [0.25, 0.3) is 0 Å². The molecule has 8 nitrogen and oxygen atoms in total. The van der Waals surface area contributed by atoms with E-state index >= 15 is 0 Å². The number of carbonyl (C=O) groups excluding carboxylic acids is 1. The quantitative estimate of drug-likeness (QED) is 0.686. The zero-order chi connectivity index (χ0) is 20.9. The third-order valence-corrected chi connectivity index (χ3v) is 6.24. The van der Waals surface area contributed by atoms with E-state index in [1.807, 2.05) is 31.2 Å². The van der Waals surface area contributed by atoms with Gasteiger partial charge in [0.15, 0.2) is 9.84 Å². The summed E-state index contributed by atoms with van der Waals surface area (Å²) < 4.78 is 35.9. The molecule has 2 heterocycles. The number of aryl methyl sites for hydroxylation is 2. The number of oxazole rings is 1. The van der Waals surface area contributed by atoms with E-state index in [2.05, 4.69) is 15.2 Å². The molecule has 1 N–H and O–H groups in total. The molecule has 0 aliphatic carbocycles. The number of nitrogens with one attached hydrogen (secondary N) is 1. The van der Waals surface area contributed by atoms with E-state index in [0.717, 1.165) is 24.2 Å². The van der Waals surface area contributed by atoms with E-state index in [1.54, 1.807) is 6.92 Å². The number of carbonyl (C=O) groups is 1. The second-order valence-corrected chi connectivity index (χ2v) is 9.24. The summed E-state index contributed by atoms with van der Waals surface area (Å²) in [5.41, 5.74) is 2.15. The van der Waals surface area contributed by atoms with Gasteiger partial charge in [-0.1, -0.05) is 18.2 Å². The van der Waals surface area contributed by atoms with Crippen molar-refractivity contribution < 1.29 is 22.4 Å². The first-order chi connectivity index (χ1) is 13.8. The number of sulfone groups is 1. The molecule has 1 saturated heterocycles. The molecule has 1 amide bonds. The van der Waals surface area contributed by atoms with Gasteiger partial charge in [-0.15, -0.1) is 0 Å². The minimum absolute atomic E-state index is 0.328. The van der Waals surface area contributed by atoms with Crippen molar-refractivity contribution in [2.24, 2.45) is 0 Å². The Bertz CT molecular complexity index is 949. The first-order valence-corrected chi connectivity index (χ1v) is 11.5. The number of morpholine rings is 1. The lowest BCUT2D eigenvalue weighted by Crippen LogP contribution is -2.42. The summed E-state index contributed by atoms with van der Waals surface area (Å²) in [6, 6.07) is 7.60. The number of hydrogen-bond donors (Lipinski definition) is 1. The molecule has 1 aromatic heterocycles. The average Bonchev–Trinajstić information content (AvgIpc) is 3.02. The highest BCUT2D eigenvalue weighted by atomic mass is 32.2. The van der Waals surface area contributed by atoms with Gasteiger partial charge in [-0.3, -0.25) is 9.69 Å². The van der Waals surface area contributed by atoms with Crippen LogP contribution in [0.1, 0.15) is 17.0 Å². The van der Waals surface area contributed by atoms with E-state index in [4.69, 9.17) is 9.15 Å². The normalized spacial score (nSPS) is 15.4. The van der Waals surface area contributed by atoms with Crippen LogP contribution in [0, 0.1) is 13.8 Å². The fourth-order valence-corrected chi connectivity index (χ4v) is 4.47. The van der Waals surface area contributed by atoms with E-state index in [-0.39, 0.29) is 5.75 Å². The third-order valence-electron chi connectivity index (χ3n) is 4.83. The summed E-state index contributed by atoms with van der Waals surface area (Å²) in [6.45, 7) is 7.72. The Hall–Kier alpha value is -2.23. The fourth-order valence-electron chi connectivity index (χ4n) is 3.18. The van der Waals surface area contributed by atoms with Crippen molar-refractivity contribution in [1.29, 1.82) is 0 Å². The van der Waals surface area contributed by atoms with Crippen molar-refractivity contribution in [2.75, 3.05) is 45.1 Å². The largest absolute Gasteiger partial charge is 0.441 e. The Labute approximate surface area is 171 Å². The highest BCUT2D eigenvalue weighted by Gasteiger charge is 2.22. The molecule has 0 unspecified atom stereocenters. The van der Waals surface area contributed by atoms with Crippen molar-refractivity contribution in [3.8, 4) is 11.5 Å². The lowest BCUT2D eigenvalue weighted by atomic mass is 10.1. The Morgan fingerprint density at radius 2 is 1.93 bits per heavy atom. The summed E-state index contributed by atoms with van der Waals surface area (Å²) in [4.78, 5) is 18.6. The zero-order valence-electron chi connectivity index (χ0n) is 16.8. The topological polar surface area (TPSA) is 102 Å². The van der Waals surface area contributed by atoms with Crippen molar-refractivity contribution in [3.63, 3.8) is 0 Å². The van der Waals surface area contributed by atoms with Gasteiger partial charge in [-0.05, 0) is 25.5 Å². The van der Waals surface area contributed by atoms with Gasteiger partial charge in [-0.25, -0.2) is 13.4 Å². The summed E-state index contributed by atoms with van der Waals surface area (Å²) in [5.74, 6) is -0.563. The molecule has 9 heteroatoms. The minimum atomic E-state index is -3.66. The summed E-state index contributed by atoms with van der Waals surface area (Å²) in [5, 5.41) is 2.68. The van der Waals surface area contributed by atoms with Gasteiger partial charge in [-0.2, -0.15) is 0 Å². The van der Waals surface area contributed by atoms with E-state index in [9.17, 15) is 13.2 Å². The van der Waals surface area contributed by atoms with Gasteiger partial charge in [0, 0.05) is 31.7 Å². The Kier molecular flexibility index (Phi) is 7.05. The second-order valence-electron chi connectivity index (χ2n) is 7.17. The molecule has 0 saturated carbocycles. The lowest BCUT2D eigenvalue weighted by Gasteiger charge is -2.26. The molecule has 0 atom stereocenters. The van der Waals surface area contributed by atoms with Crippen molar-refractivity contribution in [1.82, 2.24) is 15.2 Å². The SMILES string of the molecule is Cc1ccccc1-c1nc(CS(=O)(=O)CC(=O)NCCN2CCOCC2)c(C)o1. The van der Waals surface area contributed by atoms with Crippen LogP contribution in [0.4, 0.5) is 0 Å². The number of rotatable bonds is 8. The molecule has 1 aromatic carbocycles. The maximum Gasteiger partial charge on any atom is 0.235 e. The molecule has 158 valence electrons. The smallest absolute Gasteiger partial charge is 0.235 e. The lowest BCUT2D eigenvalue weighted by molar-refractivity contribution is -0.118. The summed E-state index contributed by atoms with van der Waals surface area (Å²) >= 11 is 0. The van der Waals surface area contributed by atoms with E-state index in [1.165, 1.54) is 0 Å². The first-order valence-electron chi connectivity index (χ1n) is 9.63. The van der Waals surface area contributed by atoms with Crippen LogP contribution in [0.3, 0.4) is 0 Å². The summed E-state index contributed by atoms with van der Waals surface area (Å²) in [6.07, 6.45) is 0. The van der Waals surface area contributed by atoms with Crippen molar-refractivity contribution in [2.45, 2.75) is 19.6 Å². The highest BCUT2D eigenvalue weighted by molar-refractivity contribution is 7.91. The predicted molar refractivity (Wildman–Crippen MR) is 109 cm³/mol. The van der Waals surface area contributed by atoms with Crippen LogP contribution in [-0.2, 0) is 25.1 Å². The third kappa shape index (κ3) is 6.12. The Morgan fingerprint density at radius 3 is 2.66 bits per heavy atom. The number of hydrogen-bond acceptors (Lipinski definition) is 7.